The highest BCUT2D eigenvalue weighted by Crippen LogP contribution is 2.37. The van der Waals surface area contributed by atoms with E-state index in [1.807, 2.05) is 6.26 Å². The lowest BCUT2D eigenvalue weighted by Gasteiger charge is -2.13. The fourth-order valence-electron chi connectivity index (χ4n) is 2.97. The van der Waals surface area contributed by atoms with Gasteiger partial charge in [0.25, 0.3) is 5.69 Å². The van der Waals surface area contributed by atoms with Gasteiger partial charge in [0.15, 0.2) is 0 Å². The molecule has 0 saturated carbocycles. The zero-order valence-corrected chi connectivity index (χ0v) is 20.8. The van der Waals surface area contributed by atoms with E-state index in [0.29, 0.717) is 13.7 Å². The van der Waals surface area contributed by atoms with Crippen LogP contribution in [-0.4, -0.2) is 38.0 Å². The zero-order chi connectivity index (χ0) is 25.9. The van der Waals surface area contributed by atoms with Crippen LogP contribution in [0, 0.1) is 10.1 Å². The second-order valence-corrected chi connectivity index (χ2v) is 9.63. The van der Waals surface area contributed by atoms with Crippen LogP contribution in [0.3, 0.4) is 0 Å². The summed E-state index contributed by atoms with van der Waals surface area (Å²) in [6.45, 7) is -0.803. The SMILES string of the molecule is COC(=O)Cn1c(=O)n(C)c(=O)n(-c2cc(Oc3ccc(SSC)cc3Cl)ccc2[N+](=O)[O-])c1=O. The predicted octanol–water partition coefficient (Wildman–Crippen LogP) is 2.59. The van der Waals surface area contributed by atoms with Crippen molar-refractivity contribution in [1.29, 1.82) is 0 Å². The molecule has 0 radical (unpaired) electrons. The minimum Gasteiger partial charge on any atom is -0.468 e. The van der Waals surface area contributed by atoms with Gasteiger partial charge in [-0.15, -0.1) is 0 Å². The van der Waals surface area contributed by atoms with Crippen molar-refractivity contribution < 1.29 is 19.2 Å². The van der Waals surface area contributed by atoms with Gasteiger partial charge in [0, 0.05) is 24.1 Å². The average molecular weight is 541 g/mol. The minimum atomic E-state index is -1.26. The summed E-state index contributed by atoms with van der Waals surface area (Å²) >= 11 is 6.28. The molecule has 0 fully saturated rings. The number of nitrogens with zero attached hydrogens (tertiary/aromatic N) is 4. The molecule has 0 N–H and O–H groups in total. The molecule has 0 saturated heterocycles. The van der Waals surface area contributed by atoms with E-state index in [4.69, 9.17) is 16.3 Å². The highest BCUT2D eigenvalue weighted by atomic mass is 35.5. The summed E-state index contributed by atoms with van der Waals surface area (Å²) in [5.74, 6) is -0.677. The number of benzene rings is 2. The number of rotatable bonds is 8. The van der Waals surface area contributed by atoms with Gasteiger partial charge in [-0.25, -0.2) is 28.1 Å². The van der Waals surface area contributed by atoms with Crippen molar-refractivity contribution in [3.63, 3.8) is 0 Å². The molecule has 12 nitrogen and oxygen atoms in total. The fourth-order valence-corrected chi connectivity index (χ4v) is 4.63. The zero-order valence-electron chi connectivity index (χ0n) is 18.4. The molecule has 184 valence electrons. The van der Waals surface area contributed by atoms with Crippen molar-refractivity contribution in [2.75, 3.05) is 13.4 Å². The van der Waals surface area contributed by atoms with Crippen molar-refractivity contribution in [3.8, 4) is 17.2 Å². The number of nitro benzene ring substituents is 1. The third-order valence-corrected chi connectivity index (χ3v) is 6.61. The summed E-state index contributed by atoms with van der Waals surface area (Å²) < 4.78 is 11.6. The fraction of sp³-hybridized carbons (Fsp3) is 0.200. The van der Waals surface area contributed by atoms with E-state index < -0.39 is 45.9 Å². The van der Waals surface area contributed by atoms with Crippen LogP contribution in [0.2, 0.25) is 5.02 Å². The van der Waals surface area contributed by atoms with E-state index in [1.54, 1.807) is 18.2 Å². The molecule has 35 heavy (non-hydrogen) atoms. The Labute approximate surface area is 209 Å². The summed E-state index contributed by atoms with van der Waals surface area (Å²) in [6, 6.07) is 8.43. The van der Waals surface area contributed by atoms with Gasteiger partial charge in [0.1, 0.15) is 23.7 Å². The van der Waals surface area contributed by atoms with Crippen molar-refractivity contribution in [2.24, 2.45) is 7.05 Å². The molecule has 0 atom stereocenters. The van der Waals surface area contributed by atoms with Crippen LogP contribution in [-0.2, 0) is 23.1 Å². The van der Waals surface area contributed by atoms with E-state index in [1.165, 1.54) is 27.7 Å². The maximum Gasteiger partial charge on any atom is 0.341 e. The highest BCUT2D eigenvalue weighted by Gasteiger charge is 2.24. The molecule has 3 aromatic rings. The first kappa shape index (κ1) is 26.1. The molecule has 0 amide bonds. The van der Waals surface area contributed by atoms with Gasteiger partial charge in [0.05, 0.1) is 17.1 Å². The number of esters is 1. The summed E-state index contributed by atoms with van der Waals surface area (Å²) in [5, 5.41) is 11.9. The standard InChI is InChI=1S/C20H17ClN4O8S2/c1-22-18(27)23(10-17(26)32-2)20(29)24(19(22)28)15-8-11(4-6-14(15)25(30)31)33-16-7-5-12(35-34-3)9-13(16)21/h4-9H,10H2,1-3H3. The second kappa shape index (κ2) is 10.8. The quantitative estimate of drug-likeness (QED) is 0.181. The lowest BCUT2D eigenvalue weighted by atomic mass is 10.2. The third kappa shape index (κ3) is 5.44. The van der Waals surface area contributed by atoms with Crippen LogP contribution < -0.4 is 21.8 Å². The van der Waals surface area contributed by atoms with Gasteiger partial charge in [0.2, 0.25) is 0 Å². The first-order valence-corrected chi connectivity index (χ1v) is 12.5. The number of carbonyl (C=O) groups excluding carboxylic acids is 1. The molecule has 0 aliphatic heterocycles. The van der Waals surface area contributed by atoms with E-state index in [9.17, 15) is 29.3 Å². The molecule has 0 spiro atoms. The molecule has 0 unspecified atom stereocenters. The van der Waals surface area contributed by atoms with Crippen molar-refractivity contribution in [3.05, 3.63) is 83.0 Å². The molecule has 1 heterocycles. The van der Waals surface area contributed by atoms with Gasteiger partial charge in [-0.2, -0.15) is 0 Å². The van der Waals surface area contributed by atoms with Crippen molar-refractivity contribution in [2.45, 2.75) is 11.4 Å². The number of hydrogen-bond donors (Lipinski definition) is 0. The van der Waals surface area contributed by atoms with E-state index in [-0.39, 0.29) is 16.5 Å². The van der Waals surface area contributed by atoms with Gasteiger partial charge in [-0.1, -0.05) is 33.2 Å². The van der Waals surface area contributed by atoms with Crippen LogP contribution in [0.1, 0.15) is 0 Å². The highest BCUT2D eigenvalue weighted by molar-refractivity contribution is 8.76. The van der Waals surface area contributed by atoms with Gasteiger partial charge in [-0.05, 0) is 30.5 Å². The molecule has 0 bridgehead atoms. The van der Waals surface area contributed by atoms with Crippen molar-refractivity contribution >= 4 is 44.8 Å². The lowest BCUT2D eigenvalue weighted by molar-refractivity contribution is -0.384. The Morgan fingerprint density at radius 2 is 1.83 bits per heavy atom. The molecule has 3 rings (SSSR count). The van der Waals surface area contributed by atoms with Crippen LogP contribution in [0.15, 0.2) is 55.7 Å². The Kier molecular flexibility index (Phi) is 8.09. The van der Waals surface area contributed by atoms with Gasteiger partial charge in [-0.3, -0.25) is 14.9 Å². The molecule has 1 aromatic heterocycles. The molecule has 2 aromatic carbocycles. The normalized spacial score (nSPS) is 10.7. The Morgan fingerprint density at radius 3 is 2.43 bits per heavy atom. The second-order valence-electron chi connectivity index (χ2n) is 6.76. The minimum absolute atomic E-state index is 0.0254. The van der Waals surface area contributed by atoms with Gasteiger partial charge >= 0.3 is 23.0 Å². The molecule has 0 aliphatic carbocycles. The monoisotopic (exact) mass is 540 g/mol. The number of aromatic nitrogens is 3. The number of halogens is 1. The number of carbonyl (C=O) groups is 1. The average Bonchev–Trinajstić information content (AvgIpc) is 2.82. The Balaban J connectivity index is 2.20. The van der Waals surface area contributed by atoms with Crippen molar-refractivity contribution in [1.82, 2.24) is 13.7 Å². The predicted molar refractivity (Wildman–Crippen MR) is 131 cm³/mol. The Bertz CT molecular complexity index is 1500. The van der Waals surface area contributed by atoms with Crippen LogP contribution in [0.4, 0.5) is 5.69 Å². The lowest BCUT2D eigenvalue weighted by Crippen LogP contribution is -2.53. The molecule has 15 heteroatoms. The maximum atomic E-state index is 13.0. The summed E-state index contributed by atoms with van der Waals surface area (Å²) in [7, 11) is 5.13. The topological polar surface area (TPSA) is 145 Å². The first-order chi connectivity index (χ1) is 16.6. The van der Waals surface area contributed by atoms with E-state index >= 15 is 0 Å². The summed E-state index contributed by atoms with van der Waals surface area (Å²) in [4.78, 5) is 61.7. The number of methoxy groups -OCH3 is 1. The van der Waals surface area contributed by atoms with E-state index in [0.717, 1.165) is 31.2 Å². The largest absolute Gasteiger partial charge is 0.468 e. The summed E-state index contributed by atoms with van der Waals surface area (Å²) in [5.41, 5.74) is -4.59. The number of ether oxygens (including phenoxy) is 2. The first-order valence-electron chi connectivity index (χ1n) is 9.55. The smallest absolute Gasteiger partial charge is 0.341 e. The van der Waals surface area contributed by atoms with Gasteiger partial charge < -0.3 is 9.47 Å². The Morgan fingerprint density at radius 1 is 1.11 bits per heavy atom. The number of nitro groups is 1. The Hall–Kier alpha value is -3.49. The number of hydrogen-bond acceptors (Lipinski definition) is 10. The molecular formula is C20H17ClN4O8S2. The molecular weight excluding hydrogens is 524 g/mol. The maximum absolute atomic E-state index is 13.0. The third-order valence-electron chi connectivity index (χ3n) is 4.63. The summed E-state index contributed by atoms with van der Waals surface area (Å²) in [6.07, 6.45) is 1.90. The molecule has 0 aliphatic rings. The van der Waals surface area contributed by atoms with Crippen LogP contribution in [0.25, 0.3) is 5.69 Å². The van der Waals surface area contributed by atoms with Crippen LogP contribution in [0.5, 0.6) is 11.5 Å². The van der Waals surface area contributed by atoms with Crippen LogP contribution >= 0.6 is 33.2 Å². The van der Waals surface area contributed by atoms with E-state index in [2.05, 4.69) is 4.74 Å².